The number of carbonyl (C=O) groups excluding carboxylic acids is 1. The largest absolute Gasteiger partial charge is 0.338 e. The fourth-order valence-electron chi connectivity index (χ4n) is 2.96. The van der Waals surface area contributed by atoms with Gasteiger partial charge in [0.15, 0.2) is 0 Å². The molecule has 104 valence electrons. The third-order valence-corrected chi connectivity index (χ3v) is 4.90. The fraction of sp³-hybridized carbons (Fsp3) is 0.562. The molecule has 1 saturated heterocycles. The summed E-state index contributed by atoms with van der Waals surface area (Å²) in [6, 6.07) is 10.5. The maximum atomic E-state index is 12.8. The molecule has 0 spiro atoms. The third kappa shape index (κ3) is 3.02. The van der Waals surface area contributed by atoms with E-state index in [0.29, 0.717) is 17.9 Å². The van der Waals surface area contributed by atoms with Crippen LogP contribution in [0.25, 0.3) is 0 Å². The van der Waals surface area contributed by atoms with E-state index in [2.05, 4.69) is 46.8 Å². The maximum Gasteiger partial charge on any atom is 0.230 e. The monoisotopic (exact) mass is 323 g/mol. The van der Waals surface area contributed by atoms with Gasteiger partial charge in [0, 0.05) is 17.9 Å². The van der Waals surface area contributed by atoms with Gasteiger partial charge in [0.25, 0.3) is 0 Å². The minimum Gasteiger partial charge on any atom is -0.338 e. The molecule has 1 fully saturated rings. The summed E-state index contributed by atoms with van der Waals surface area (Å²) in [5.74, 6) is 0.896. The Kier molecular flexibility index (Phi) is 5.03. The number of carbonyl (C=O) groups is 1. The number of hydrogen-bond donors (Lipinski definition) is 0. The van der Waals surface area contributed by atoms with Gasteiger partial charge in [0.2, 0.25) is 5.91 Å². The number of alkyl halides is 1. The van der Waals surface area contributed by atoms with Crippen molar-refractivity contribution >= 4 is 21.8 Å². The standard InChI is InChI=1S/C16H22BrNO/c1-3-14(13-7-5-4-6-8-13)16(19)18-10-9-12(2)15(18)11-17/h4-8,12,14-15H,3,9-11H2,1-2H3. The Hall–Kier alpha value is -0.830. The molecular weight excluding hydrogens is 302 g/mol. The van der Waals surface area contributed by atoms with Gasteiger partial charge in [0.1, 0.15) is 0 Å². The molecule has 1 heterocycles. The minimum absolute atomic E-state index is 0.00745. The fourth-order valence-corrected chi connectivity index (χ4v) is 3.94. The van der Waals surface area contributed by atoms with E-state index in [1.807, 2.05) is 18.2 Å². The highest BCUT2D eigenvalue weighted by atomic mass is 79.9. The SMILES string of the molecule is CCC(C(=O)N1CCC(C)C1CBr)c1ccccc1. The summed E-state index contributed by atoms with van der Waals surface area (Å²) in [5.41, 5.74) is 1.14. The summed E-state index contributed by atoms with van der Waals surface area (Å²) in [6.07, 6.45) is 1.98. The Bertz CT molecular complexity index is 420. The van der Waals surface area contributed by atoms with Gasteiger partial charge in [0.05, 0.1) is 5.92 Å². The first-order chi connectivity index (χ1) is 9.19. The number of rotatable bonds is 4. The van der Waals surface area contributed by atoms with Crippen LogP contribution in [-0.4, -0.2) is 28.7 Å². The van der Waals surface area contributed by atoms with Crippen LogP contribution in [0.3, 0.4) is 0 Å². The van der Waals surface area contributed by atoms with E-state index < -0.39 is 0 Å². The Morgan fingerprint density at radius 1 is 1.42 bits per heavy atom. The van der Waals surface area contributed by atoms with E-state index in [1.54, 1.807) is 0 Å². The van der Waals surface area contributed by atoms with Gasteiger partial charge in [-0.05, 0) is 24.3 Å². The van der Waals surface area contributed by atoms with E-state index in [-0.39, 0.29) is 5.92 Å². The first-order valence-electron chi connectivity index (χ1n) is 7.10. The lowest BCUT2D eigenvalue weighted by Gasteiger charge is -2.29. The Balaban J connectivity index is 2.18. The molecule has 0 aliphatic carbocycles. The van der Waals surface area contributed by atoms with Gasteiger partial charge >= 0.3 is 0 Å². The van der Waals surface area contributed by atoms with Crippen LogP contribution in [0.5, 0.6) is 0 Å². The molecule has 0 bridgehead atoms. The Labute approximate surface area is 124 Å². The van der Waals surface area contributed by atoms with Crippen molar-refractivity contribution in [2.24, 2.45) is 5.92 Å². The lowest BCUT2D eigenvalue weighted by Crippen LogP contribution is -2.41. The average molecular weight is 324 g/mol. The lowest BCUT2D eigenvalue weighted by atomic mass is 9.94. The van der Waals surface area contributed by atoms with E-state index >= 15 is 0 Å². The van der Waals surface area contributed by atoms with Crippen LogP contribution in [0.4, 0.5) is 0 Å². The summed E-state index contributed by atoms with van der Waals surface area (Å²) in [6.45, 7) is 5.24. The molecule has 1 aromatic rings. The predicted octanol–water partition coefficient (Wildman–Crippen LogP) is 3.81. The topological polar surface area (TPSA) is 20.3 Å². The van der Waals surface area contributed by atoms with Crippen LogP contribution in [0, 0.1) is 5.92 Å². The molecule has 3 heteroatoms. The summed E-state index contributed by atoms with van der Waals surface area (Å²) < 4.78 is 0. The van der Waals surface area contributed by atoms with Crippen molar-refractivity contribution in [2.75, 3.05) is 11.9 Å². The zero-order valence-electron chi connectivity index (χ0n) is 11.7. The van der Waals surface area contributed by atoms with Gasteiger partial charge in [-0.2, -0.15) is 0 Å². The van der Waals surface area contributed by atoms with Crippen LogP contribution in [0.15, 0.2) is 30.3 Å². The van der Waals surface area contributed by atoms with Crippen molar-refractivity contribution in [3.63, 3.8) is 0 Å². The number of nitrogens with zero attached hydrogens (tertiary/aromatic N) is 1. The van der Waals surface area contributed by atoms with Crippen molar-refractivity contribution in [2.45, 2.75) is 38.6 Å². The lowest BCUT2D eigenvalue weighted by molar-refractivity contribution is -0.133. The normalized spacial score (nSPS) is 24.5. The number of amides is 1. The van der Waals surface area contributed by atoms with Gasteiger partial charge in [-0.1, -0.05) is 60.1 Å². The summed E-state index contributed by atoms with van der Waals surface area (Å²) in [5, 5.41) is 0.880. The van der Waals surface area contributed by atoms with Crippen molar-refractivity contribution in [3.8, 4) is 0 Å². The molecule has 0 saturated carbocycles. The zero-order valence-corrected chi connectivity index (χ0v) is 13.3. The van der Waals surface area contributed by atoms with Gasteiger partial charge < -0.3 is 4.90 Å². The summed E-state index contributed by atoms with van der Waals surface area (Å²) >= 11 is 3.56. The number of likely N-dealkylation sites (tertiary alicyclic amines) is 1. The molecule has 0 N–H and O–H groups in total. The molecule has 2 rings (SSSR count). The molecule has 19 heavy (non-hydrogen) atoms. The summed E-state index contributed by atoms with van der Waals surface area (Å²) in [4.78, 5) is 14.9. The number of hydrogen-bond acceptors (Lipinski definition) is 1. The van der Waals surface area contributed by atoms with E-state index in [0.717, 1.165) is 30.3 Å². The number of halogens is 1. The first-order valence-corrected chi connectivity index (χ1v) is 8.22. The smallest absolute Gasteiger partial charge is 0.230 e. The van der Waals surface area contributed by atoms with E-state index in [9.17, 15) is 4.79 Å². The highest BCUT2D eigenvalue weighted by molar-refractivity contribution is 9.09. The van der Waals surface area contributed by atoms with Crippen LogP contribution in [0.1, 0.15) is 38.2 Å². The Morgan fingerprint density at radius 3 is 2.68 bits per heavy atom. The molecule has 1 aliphatic rings. The first kappa shape index (κ1) is 14.6. The quantitative estimate of drug-likeness (QED) is 0.771. The predicted molar refractivity (Wildman–Crippen MR) is 82.6 cm³/mol. The van der Waals surface area contributed by atoms with Crippen molar-refractivity contribution < 1.29 is 4.79 Å². The third-order valence-electron chi connectivity index (χ3n) is 4.23. The maximum absolute atomic E-state index is 12.8. The summed E-state index contributed by atoms with van der Waals surface area (Å²) in [7, 11) is 0. The number of benzene rings is 1. The molecule has 2 nitrogen and oxygen atoms in total. The van der Waals surface area contributed by atoms with Crippen LogP contribution in [-0.2, 0) is 4.79 Å². The second-order valence-electron chi connectivity index (χ2n) is 5.39. The highest BCUT2D eigenvalue weighted by Crippen LogP contribution is 2.30. The molecule has 1 aliphatic heterocycles. The molecule has 1 amide bonds. The molecular formula is C16H22BrNO. The van der Waals surface area contributed by atoms with E-state index in [4.69, 9.17) is 0 Å². The van der Waals surface area contributed by atoms with Gasteiger partial charge in [-0.25, -0.2) is 0 Å². The highest BCUT2D eigenvalue weighted by Gasteiger charge is 2.36. The average Bonchev–Trinajstić information content (AvgIpc) is 2.81. The zero-order chi connectivity index (χ0) is 13.8. The van der Waals surface area contributed by atoms with Gasteiger partial charge in [-0.3, -0.25) is 4.79 Å². The van der Waals surface area contributed by atoms with Crippen molar-refractivity contribution in [1.82, 2.24) is 4.90 Å². The second-order valence-corrected chi connectivity index (χ2v) is 6.04. The van der Waals surface area contributed by atoms with E-state index in [1.165, 1.54) is 0 Å². The molecule has 3 unspecified atom stereocenters. The van der Waals surface area contributed by atoms with Crippen LogP contribution < -0.4 is 0 Å². The van der Waals surface area contributed by atoms with Crippen LogP contribution >= 0.6 is 15.9 Å². The van der Waals surface area contributed by atoms with Gasteiger partial charge in [-0.15, -0.1) is 0 Å². The second kappa shape index (κ2) is 6.56. The molecule has 1 aromatic carbocycles. The van der Waals surface area contributed by atoms with Crippen LogP contribution in [0.2, 0.25) is 0 Å². The minimum atomic E-state index is 0.00745. The van der Waals surface area contributed by atoms with Crippen molar-refractivity contribution in [3.05, 3.63) is 35.9 Å². The molecule has 0 aromatic heterocycles. The molecule has 3 atom stereocenters. The van der Waals surface area contributed by atoms with Crippen molar-refractivity contribution in [1.29, 1.82) is 0 Å². The molecule has 0 radical (unpaired) electrons. The Morgan fingerprint density at radius 2 is 2.11 bits per heavy atom.